The summed E-state index contributed by atoms with van der Waals surface area (Å²) >= 11 is 3.21. The number of benzene rings is 2. The van der Waals surface area contributed by atoms with Crippen LogP contribution < -0.4 is 5.73 Å². The van der Waals surface area contributed by atoms with Crippen molar-refractivity contribution < 1.29 is 9.18 Å². The third kappa shape index (κ3) is 3.20. The third-order valence-electron chi connectivity index (χ3n) is 2.96. The molecule has 0 unspecified atom stereocenters. The molecule has 0 amide bonds. The van der Waals surface area contributed by atoms with E-state index < -0.39 is 0 Å². The molecular weight excluding hydrogens is 309 g/mol. The molecule has 2 rings (SSSR count). The van der Waals surface area contributed by atoms with Gasteiger partial charge in [-0.05, 0) is 42.3 Å². The lowest BCUT2D eigenvalue weighted by molar-refractivity contribution is 0.0992. The van der Waals surface area contributed by atoms with E-state index in [2.05, 4.69) is 15.9 Å². The largest absolute Gasteiger partial charge is 0.398 e. The molecule has 0 aliphatic heterocycles. The fourth-order valence-corrected chi connectivity index (χ4v) is 2.46. The molecule has 98 valence electrons. The molecule has 0 saturated carbocycles. The molecule has 0 aliphatic carbocycles. The van der Waals surface area contributed by atoms with Gasteiger partial charge in [0.25, 0.3) is 0 Å². The van der Waals surface area contributed by atoms with Crippen LogP contribution in [-0.2, 0) is 6.42 Å². The van der Waals surface area contributed by atoms with Gasteiger partial charge in [0, 0.05) is 22.1 Å². The van der Waals surface area contributed by atoms with Crippen molar-refractivity contribution >= 4 is 27.4 Å². The van der Waals surface area contributed by atoms with E-state index in [-0.39, 0.29) is 18.0 Å². The number of carbonyl (C=O) groups excluding carboxylic acids is 1. The molecule has 2 aromatic carbocycles. The smallest absolute Gasteiger partial charge is 0.167 e. The molecule has 0 bridgehead atoms. The van der Waals surface area contributed by atoms with Gasteiger partial charge in [0.15, 0.2) is 5.78 Å². The van der Waals surface area contributed by atoms with E-state index in [1.165, 1.54) is 12.1 Å². The van der Waals surface area contributed by atoms with Gasteiger partial charge in [0.1, 0.15) is 5.82 Å². The maximum absolute atomic E-state index is 13.3. The van der Waals surface area contributed by atoms with Crippen LogP contribution in [0.5, 0.6) is 0 Å². The number of carbonyl (C=O) groups is 1. The number of Topliss-reactive ketones (excluding diaryl/α,β-unsaturated/α-hetero) is 1. The highest BCUT2D eigenvalue weighted by Gasteiger charge is 2.12. The second-order valence-electron chi connectivity index (χ2n) is 4.40. The van der Waals surface area contributed by atoms with Gasteiger partial charge in [-0.1, -0.05) is 28.1 Å². The number of anilines is 1. The van der Waals surface area contributed by atoms with E-state index in [4.69, 9.17) is 5.73 Å². The highest BCUT2D eigenvalue weighted by atomic mass is 79.9. The minimum Gasteiger partial charge on any atom is -0.398 e. The van der Waals surface area contributed by atoms with Crippen molar-refractivity contribution in [1.29, 1.82) is 0 Å². The summed E-state index contributed by atoms with van der Waals surface area (Å²) in [6.45, 7) is 1.81. The summed E-state index contributed by atoms with van der Waals surface area (Å²) < 4.78 is 13.9. The summed E-state index contributed by atoms with van der Waals surface area (Å²) in [4.78, 5) is 12.2. The lowest BCUT2D eigenvalue weighted by Crippen LogP contribution is -2.07. The Kier molecular flexibility index (Phi) is 4.00. The maximum atomic E-state index is 13.3. The van der Waals surface area contributed by atoms with Gasteiger partial charge in [-0.25, -0.2) is 4.39 Å². The average molecular weight is 322 g/mol. The van der Waals surface area contributed by atoms with Crippen LogP contribution in [0.4, 0.5) is 10.1 Å². The Morgan fingerprint density at radius 2 is 2.05 bits per heavy atom. The van der Waals surface area contributed by atoms with Crippen molar-refractivity contribution in [3.63, 3.8) is 0 Å². The van der Waals surface area contributed by atoms with Crippen LogP contribution in [0.25, 0.3) is 0 Å². The van der Waals surface area contributed by atoms with E-state index in [9.17, 15) is 9.18 Å². The topological polar surface area (TPSA) is 43.1 Å². The van der Waals surface area contributed by atoms with Crippen LogP contribution in [0.3, 0.4) is 0 Å². The quantitative estimate of drug-likeness (QED) is 0.688. The second kappa shape index (κ2) is 5.53. The molecule has 2 N–H and O–H groups in total. The van der Waals surface area contributed by atoms with Crippen LogP contribution in [0.2, 0.25) is 0 Å². The minimum atomic E-state index is -0.360. The predicted molar refractivity (Wildman–Crippen MR) is 77.7 cm³/mol. The average Bonchev–Trinajstić information content (AvgIpc) is 2.31. The number of rotatable bonds is 3. The van der Waals surface area contributed by atoms with Crippen molar-refractivity contribution in [2.75, 3.05) is 5.73 Å². The standard InChI is InChI=1S/C15H13BrFNO/c1-9-13(3-2-4-14(9)18)15(19)7-10-5-11(16)8-12(17)6-10/h2-6,8H,7,18H2,1H3. The Morgan fingerprint density at radius 1 is 1.32 bits per heavy atom. The second-order valence-corrected chi connectivity index (χ2v) is 5.31. The molecule has 19 heavy (non-hydrogen) atoms. The number of hydrogen-bond donors (Lipinski definition) is 1. The van der Waals surface area contributed by atoms with Crippen molar-refractivity contribution in [2.24, 2.45) is 0 Å². The van der Waals surface area contributed by atoms with Gasteiger partial charge in [-0.3, -0.25) is 4.79 Å². The Balaban J connectivity index is 2.28. The van der Waals surface area contributed by atoms with Gasteiger partial charge in [0.2, 0.25) is 0 Å². The summed E-state index contributed by atoms with van der Waals surface area (Å²) in [6, 6.07) is 9.71. The zero-order valence-electron chi connectivity index (χ0n) is 10.4. The van der Waals surface area contributed by atoms with Gasteiger partial charge < -0.3 is 5.73 Å². The van der Waals surface area contributed by atoms with Gasteiger partial charge in [0.05, 0.1) is 0 Å². The first-order valence-electron chi connectivity index (χ1n) is 5.80. The van der Waals surface area contributed by atoms with E-state index in [1.54, 1.807) is 24.3 Å². The van der Waals surface area contributed by atoms with Gasteiger partial charge in [-0.2, -0.15) is 0 Å². The molecule has 0 aromatic heterocycles. The number of nitrogen functional groups attached to an aromatic ring is 1. The first-order valence-corrected chi connectivity index (χ1v) is 6.60. The van der Waals surface area contributed by atoms with Gasteiger partial charge >= 0.3 is 0 Å². The molecule has 4 heteroatoms. The van der Waals surface area contributed by atoms with Gasteiger partial charge in [-0.15, -0.1) is 0 Å². The van der Waals surface area contributed by atoms with Crippen molar-refractivity contribution in [2.45, 2.75) is 13.3 Å². The van der Waals surface area contributed by atoms with E-state index >= 15 is 0 Å². The number of nitrogens with two attached hydrogens (primary N) is 1. The number of halogens is 2. The molecule has 0 spiro atoms. The fourth-order valence-electron chi connectivity index (χ4n) is 1.95. The number of hydrogen-bond acceptors (Lipinski definition) is 2. The number of ketones is 1. The Bertz CT molecular complexity index is 620. The molecule has 2 nitrogen and oxygen atoms in total. The molecule has 2 aromatic rings. The summed E-state index contributed by atoms with van der Waals surface area (Å²) in [5.74, 6) is -0.427. The molecule has 0 heterocycles. The molecule has 0 radical (unpaired) electrons. The SMILES string of the molecule is Cc1c(N)cccc1C(=O)Cc1cc(F)cc(Br)c1. The summed E-state index contributed by atoms with van der Waals surface area (Å²) in [7, 11) is 0. The first kappa shape index (κ1) is 13.7. The Labute approximate surface area is 119 Å². The Hall–Kier alpha value is -1.68. The summed E-state index contributed by atoms with van der Waals surface area (Å²) in [6.07, 6.45) is 0.153. The molecule has 0 aliphatic rings. The summed E-state index contributed by atoms with van der Waals surface area (Å²) in [5, 5.41) is 0. The third-order valence-corrected chi connectivity index (χ3v) is 3.42. The first-order chi connectivity index (χ1) is 8.97. The highest BCUT2D eigenvalue weighted by molar-refractivity contribution is 9.10. The monoisotopic (exact) mass is 321 g/mol. The van der Waals surface area contributed by atoms with E-state index in [0.717, 1.165) is 5.56 Å². The van der Waals surface area contributed by atoms with Crippen molar-refractivity contribution in [1.82, 2.24) is 0 Å². The molecular formula is C15H13BrFNO. The fraction of sp³-hybridized carbons (Fsp3) is 0.133. The zero-order valence-corrected chi connectivity index (χ0v) is 12.0. The lowest BCUT2D eigenvalue weighted by Gasteiger charge is -2.08. The van der Waals surface area contributed by atoms with E-state index in [1.807, 2.05) is 6.92 Å². The maximum Gasteiger partial charge on any atom is 0.167 e. The van der Waals surface area contributed by atoms with E-state index in [0.29, 0.717) is 21.3 Å². The molecule has 0 saturated heterocycles. The van der Waals surface area contributed by atoms with Crippen LogP contribution in [-0.4, -0.2) is 5.78 Å². The normalized spacial score (nSPS) is 10.5. The van der Waals surface area contributed by atoms with Crippen LogP contribution >= 0.6 is 15.9 Å². The van der Waals surface area contributed by atoms with Crippen LogP contribution in [0, 0.1) is 12.7 Å². The van der Waals surface area contributed by atoms with Crippen LogP contribution in [0.15, 0.2) is 40.9 Å². The predicted octanol–water partition coefficient (Wildman–Crippen LogP) is 3.90. The Morgan fingerprint density at radius 3 is 2.74 bits per heavy atom. The highest BCUT2D eigenvalue weighted by Crippen LogP contribution is 2.20. The zero-order chi connectivity index (χ0) is 14.0. The lowest BCUT2D eigenvalue weighted by atomic mass is 9.98. The van der Waals surface area contributed by atoms with Crippen molar-refractivity contribution in [3.05, 3.63) is 63.4 Å². The molecule has 0 atom stereocenters. The summed E-state index contributed by atoms with van der Waals surface area (Å²) in [5.41, 5.74) is 8.36. The molecule has 0 fully saturated rings. The van der Waals surface area contributed by atoms with Crippen LogP contribution in [0.1, 0.15) is 21.5 Å². The van der Waals surface area contributed by atoms with Crippen molar-refractivity contribution in [3.8, 4) is 0 Å². The minimum absolute atomic E-state index is 0.0673.